The van der Waals surface area contributed by atoms with E-state index < -0.39 is 0 Å². The summed E-state index contributed by atoms with van der Waals surface area (Å²) in [7, 11) is 0. The monoisotopic (exact) mass is 271 g/mol. The zero-order valence-corrected chi connectivity index (χ0v) is 11.1. The third-order valence-corrected chi connectivity index (χ3v) is 4.37. The van der Waals surface area contributed by atoms with Crippen LogP contribution in [0.3, 0.4) is 0 Å². The smallest absolute Gasteiger partial charge is 0.295 e. The Morgan fingerprint density at radius 1 is 1.32 bits per heavy atom. The van der Waals surface area contributed by atoms with Crippen LogP contribution in [0.25, 0.3) is 11.1 Å². The molecular weight excluding hydrogens is 258 g/mol. The van der Waals surface area contributed by atoms with Crippen LogP contribution in [0.5, 0.6) is 0 Å². The summed E-state index contributed by atoms with van der Waals surface area (Å²) in [6.45, 7) is 0.719. The summed E-state index contributed by atoms with van der Waals surface area (Å²) >= 11 is 1.79. The van der Waals surface area contributed by atoms with Gasteiger partial charge in [-0.2, -0.15) is 4.98 Å². The maximum absolute atomic E-state index is 5.62. The van der Waals surface area contributed by atoms with Crippen molar-refractivity contribution in [2.24, 2.45) is 0 Å². The molecule has 0 aliphatic heterocycles. The number of nitrogens with one attached hydrogen (secondary N) is 1. The Morgan fingerprint density at radius 3 is 3.05 bits per heavy atom. The van der Waals surface area contributed by atoms with E-state index in [1.54, 1.807) is 11.3 Å². The summed E-state index contributed by atoms with van der Waals surface area (Å²) in [5.41, 5.74) is 1.70. The largest absolute Gasteiger partial charge is 0.424 e. The highest BCUT2D eigenvalue weighted by atomic mass is 32.1. The second-order valence-electron chi connectivity index (χ2n) is 4.78. The molecule has 1 saturated carbocycles. The SMILES string of the molecule is c1ccc2oc(NCc3cnc(C4CC4)s3)nc2c1. The van der Waals surface area contributed by atoms with Gasteiger partial charge in [-0.3, -0.25) is 0 Å². The topological polar surface area (TPSA) is 51.0 Å². The Bertz CT molecular complexity index is 681. The van der Waals surface area contributed by atoms with Crippen LogP contribution in [0.1, 0.15) is 28.6 Å². The molecule has 1 aromatic carbocycles. The predicted octanol–water partition coefficient (Wildman–Crippen LogP) is 3.77. The molecule has 1 fully saturated rings. The average molecular weight is 271 g/mol. The number of fused-ring (bicyclic) bond motifs is 1. The highest BCUT2D eigenvalue weighted by molar-refractivity contribution is 7.11. The van der Waals surface area contributed by atoms with Gasteiger partial charge in [-0.25, -0.2) is 4.98 Å². The Hall–Kier alpha value is -1.88. The minimum atomic E-state index is 0.572. The fourth-order valence-electron chi connectivity index (χ4n) is 2.03. The highest BCUT2D eigenvalue weighted by Gasteiger charge is 2.26. The minimum Gasteiger partial charge on any atom is -0.424 e. The molecule has 4 nitrogen and oxygen atoms in total. The molecular formula is C14H13N3OS. The Morgan fingerprint density at radius 2 is 2.21 bits per heavy atom. The third kappa shape index (κ3) is 2.21. The molecule has 3 aromatic rings. The number of oxazole rings is 1. The van der Waals surface area contributed by atoms with E-state index in [4.69, 9.17) is 4.42 Å². The lowest BCUT2D eigenvalue weighted by Crippen LogP contribution is -1.96. The average Bonchev–Trinajstić information content (AvgIpc) is 3.03. The number of thiazole rings is 1. The molecule has 1 N–H and O–H groups in total. The fraction of sp³-hybridized carbons (Fsp3) is 0.286. The third-order valence-electron chi connectivity index (χ3n) is 3.21. The van der Waals surface area contributed by atoms with Crippen LogP contribution < -0.4 is 5.32 Å². The minimum absolute atomic E-state index is 0.572. The summed E-state index contributed by atoms with van der Waals surface area (Å²) in [4.78, 5) is 10.1. The van der Waals surface area contributed by atoms with Crippen LogP contribution in [0, 0.1) is 0 Å². The number of para-hydroxylation sites is 2. The molecule has 1 aliphatic carbocycles. The Kier molecular flexibility index (Phi) is 2.51. The Labute approximate surface area is 114 Å². The lowest BCUT2D eigenvalue weighted by atomic mass is 10.3. The first-order valence-corrected chi connectivity index (χ1v) is 7.24. The van der Waals surface area contributed by atoms with Gasteiger partial charge in [0.2, 0.25) is 0 Å². The van der Waals surface area contributed by atoms with E-state index in [1.807, 2.05) is 30.5 Å². The van der Waals surface area contributed by atoms with Gasteiger partial charge in [-0.15, -0.1) is 11.3 Å². The van der Waals surface area contributed by atoms with Gasteiger partial charge in [-0.05, 0) is 25.0 Å². The van der Waals surface area contributed by atoms with Gasteiger partial charge >= 0.3 is 0 Å². The van der Waals surface area contributed by atoms with Crippen LogP contribution in [-0.2, 0) is 6.54 Å². The van der Waals surface area contributed by atoms with Gasteiger partial charge in [0.25, 0.3) is 6.01 Å². The lowest BCUT2D eigenvalue weighted by Gasteiger charge is -1.96. The standard InChI is InChI=1S/C14H13N3OS/c1-2-4-12-11(3-1)17-14(18-12)16-8-10-7-15-13(19-10)9-5-6-9/h1-4,7,9H,5-6,8H2,(H,16,17). The van der Waals surface area contributed by atoms with Gasteiger partial charge in [-0.1, -0.05) is 12.1 Å². The van der Waals surface area contributed by atoms with E-state index in [2.05, 4.69) is 15.3 Å². The van der Waals surface area contributed by atoms with Crippen molar-refractivity contribution < 1.29 is 4.42 Å². The molecule has 5 heteroatoms. The van der Waals surface area contributed by atoms with Crippen molar-refractivity contribution >= 4 is 28.5 Å². The Balaban J connectivity index is 1.48. The molecule has 0 atom stereocenters. The van der Waals surface area contributed by atoms with Crippen LogP contribution in [0.4, 0.5) is 6.01 Å². The summed E-state index contributed by atoms with van der Waals surface area (Å²) in [5, 5.41) is 4.49. The molecule has 2 heterocycles. The van der Waals surface area contributed by atoms with Gasteiger partial charge < -0.3 is 9.73 Å². The van der Waals surface area contributed by atoms with Gasteiger partial charge in [0.1, 0.15) is 5.52 Å². The molecule has 0 unspecified atom stereocenters. The van der Waals surface area contributed by atoms with Crippen molar-refractivity contribution in [1.82, 2.24) is 9.97 Å². The van der Waals surface area contributed by atoms with Crippen molar-refractivity contribution in [2.45, 2.75) is 25.3 Å². The van der Waals surface area contributed by atoms with Crippen molar-refractivity contribution in [3.05, 3.63) is 40.3 Å². The molecule has 19 heavy (non-hydrogen) atoms. The van der Waals surface area contributed by atoms with Crippen molar-refractivity contribution in [3.63, 3.8) is 0 Å². The van der Waals surface area contributed by atoms with Gasteiger partial charge in [0, 0.05) is 17.0 Å². The zero-order chi connectivity index (χ0) is 12.7. The maximum atomic E-state index is 5.62. The van der Waals surface area contributed by atoms with Gasteiger partial charge in [0.05, 0.1) is 11.6 Å². The van der Waals surface area contributed by atoms with E-state index in [9.17, 15) is 0 Å². The van der Waals surface area contributed by atoms with Crippen LogP contribution >= 0.6 is 11.3 Å². The molecule has 0 bridgehead atoms. The summed E-state index contributed by atoms with van der Waals surface area (Å²) < 4.78 is 5.62. The molecule has 0 radical (unpaired) electrons. The van der Waals surface area contributed by atoms with E-state index in [-0.39, 0.29) is 0 Å². The predicted molar refractivity (Wildman–Crippen MR) is 75.4 cm³/mol. The molecule has 0 spiro atoms. The zero-order valence-electron chi connectivity index (χ0n) is 10.3. The highest BCUT2D eigenvalue weighted by Crippen LogP contribution is 2.41. The quantitative estimate of drug-likeness (QED) is 0.784. The molecule has 0 amide bonds. The van der Waals surface area contributed by atoms with Crippen LogP contribution in [0.15, 0.2) is 34.9 Å². The van der Waals surface area contributed by atoms with E-state index in [0.717, 1.165) is 23.6 Å². The molecule has 1 aliphatic rings. The maximum Gasteiger partial charge on any atom is 0.295 e. The molecule has 96 valence electrons. The number of aromatic nitrogens is 2. The number of anilines is 1. The van der Waals surface area contributed by atoms with Crippen molar-refractivity contribution in [3.8, 4) is 0 Å². The second-order valence-corrected chi connectivity index (χ2v) is 5.93. The summed E-state index contributed by atoms with van der Waals surface area (Å²) in [6, 6.07) is 8.35. The molecule has 0 saturated heterocycles. The first-order valence-electron chi connectivity index (χ1n) is 6.42. The normalized spacial score (nSPS) is 14.9. The van der Waals surface area contributed by atoms with E-state index in [0.29, 0.717) is 6.01 Å². The van der Waals surface area contributed by atoms with Crippen LogP contribution in [-0.4, -0.2) is 9.97 Å². The van der Waals surface area contributed by atoms with Crippen molar-refractivity contribution in [1.29, 1.82) is 0 Å². The number of benzene rings is 1. The van der Waals surface area contributed by atoms with E-state index >= 15 is 0 Å². The van der Waals surface area contributed by atoms with Crippen LogP contribution in [0.2, 0.25) is 0 Å². The second kappa shape index (κ2) is 4.35. The van der Waals surface area contributed by atoms with Crippen molar-refractivity contribution in [2.75, 3.05) is 5.32 Å². The molecule has 2 aromatic heterocycles. The van der Waals surface area contributed by atoms with Gasteiger partial charge in [0.15, 0.2) is 5.58 Å². The number of hydrogen-bond acceptors (Lipinski definition) is 5. The van der Waals surface area contributed by atoms with E-state index in [1.165, 1.54) is 22.7 Å². The summed E-state index contributed by atoms with van der Waals surface area (Å²) in [6.07, 6.45) is 4.55. The first-order chi connectivity index (χ1) is 9.38. The first kappa shape index (κ1) is 11.0. The number of hydrogen-bond donors (Lipinski definition) is 1. The number of nitrogens with zero attached hydrogens (tertiary/aromatic N) is 2. The summed E-state index contributed by atoms with van der Waals surface area (Å²) in [5.74, 6) is 0.725. The number of rotatable bonds is 4. The molecule has 4 rings (SSSR count). The lowest BCUT2D eigenvalue weighted by molar-refractivity contribution is 0.615. The fourth-order valence-corrected chi connectivity index (χ4v) is 3.06.